The second-order valence-electron chi connectivity index (χ2n) is 7.00. The summed E-state index contributed by atoms with van der Waals surface area (Å²) in [4.78, 5) is 27.2. The second kappa shape index (κ2) is 10.9. The number of nitrogens with zero attached hydrogens (tertiary/aromatic N) is 1. The molecule has 0 saturated carbocycles. The van der Waals surface area contributed by atoms with Gasteiger partial charge < -0.3 is 15.0 Å². The summed E-state index contributed by atoms with van der Waals surface area (Å²) < 4.78 is 5.73. The van der Waals surface area contributed by atoms with Gasteiger partial charge in [-0.2, -0.15) is 0 Å². The van der Waals surface area contributed by atoms with Gasteiger partial charge >= 0.3 is 0 Å². The SMILES string of the molecule is CCNC(=O)[C@@H](CC)N(Cc1ccc(Cl)cc1)C(=O)COc1ccc(C)c(C)c1. The number of halogens is 1. The van der Waals surface area contributed by atoms with Gasteiger partial charge in [-0.1, -0.05) is 36.7 Å². The topological polar surface area (TPSA) is 58.6 Å². The number of hydrogen-bond donors (Lipinski definition) is 1. The molecule has 0 unspecified atom stereocenters. The molecule has 6 heteroatoms. The van der Waals surface area contributed by atoms with Crippen LogP contribution in [0.4, 0.5) is 0 Å². The minimum absolute atomic E-state index is 0.133. The molecule has 5 nitrogen and oxygen atoms in total. The Balaban J connectivity index is 2.19. The molecule has 1 N–H and O–H groups in total. The average Bonchev–Trinajstić information content (AvgIpc) is 2.70. The molecule has 0 fully saturated rings. The largest absolute Gasteiger partial charge is 0.484 e. The number of hydrogen-bond acceptors (Lipinski definition) is 3. The standard InChI is InChI=1S/C23H29ClN2O3/c1-5-21(23(28)25-6-2)26(14-18-8-10-19(24)11-9-18)22(27)15-29-20-12-7-16(3)17(4)13-20/h7-13,21H,5-6,14-15H2,1-4H3,(H,25,28)/t21-/m1/s1. The highest BCUT2D eigenvalue weighted by Gasteiger charge is 2.28. The van der Waals surface area contributed by atoms with Gasteiger partial charge in [0.2, 0.25) is 5.91 Å². The van der Waals surface area contributed by atoms with Crippen molar-refractivity contribution >= 4 is 23.4 Å². The van der Waals surface area contributed by atoms with Crippen LogP contribution in [0.15, 0.2) is 42.5 Å². The number of nitrogens with one attached hydrogen (secondary N) is 1. The predicted molar refractivity (Wildman–Crippen MR) is 116 cm³/mol. The highest BCUT2D eigenvalue weighted by Crippen LogP contribution is 2.18. The van der Waals surface area contributed by atoms with E-state index in [9.17, 15) is 9.59 Å². The Hall–Kier alpha value is -2.53. The first-order valence-corrected chi connectivity index (χ1v) is 10.2. The first kappa shape index (κ1) is 22.8. The van der Waals surface area contributed by atoms with E-state index in [0.29, 0.717) is 30.3 Å². The Kier molecular flexibility index (Phi) is 8.52. The van der Waals surface area contributed by atoms with Gasteiger partial charge in [-0.3, -0.25) is 9.59 Å². The summed E-state index contributed by atoms with van der Waals surface area (Å²) in [5, 5.41) is 3.44. The number of carbonyl (C=O) groups excluding carboxylic acids is 2. The molecule has 0 radical (unpaired) electrons. The minimum Gasteiger partial charge on any atom is -0.484 e. The van der Waals surface area contributed by atoms with Crippen molar-refractivity contribution in [3.63, 3.8) is 0 Å². The van der Waals surface area contributed by atoms with E-state index >= 15 is 0 Å². The third-order valence-electron chi connectivity index (χ3n) is 4.84. The fourth-order valence-corrected chi connectivity index (χ4v) is 3.16. The van der Waals surface area contributed by atoms with Gasteiger partial charge in [0.05, 0.1) is 0 Å². The highest BCUT2D eigenvalue weighted by atomic mass is 35.5. The zero-order valence-electron chi connectivity index (χ0n) is 17.5. The van der Waals surface area contributed by atoms with Crippen LogP contribution in [-0.2, 0) is 16.1 Å². The zero-order valence-corrected chi connectivity index (χ0v) is 18.3. The van der Waals surface area contributed by atoms with Crippen LogP contribution in [0.25, 0.3) is 0 Å². The molecule has 0 saturated heterocycles. The van der Waals surface area contributed by atoms with Crippen molar-refractivity contribution in [2.75, 3.05) is 13.2 Å². The van der Waals surface area contributed by atoms with Gasteiger partial charge in [-0.25, -0.2) is 0 Å². The molecule has 2 rings (SSSR count). The van der Waals surface area contributed by atoms with Crippen LogP contribution in [0.1, 0.15) is 37.0 Å². The molecule has 2 aromatic rings. The first-order valence-electron chi connectivity index (χ1n) is 9.87. The smallest absolute Gasteiger partial charge is 0.261 e. The molecule has 0 aromatic heterocycles. The number of amides is 2. The van der Waals surface area contributed by atoms with Gasteiger partial charge in [0.1, 0.15) is 11.8 Å². The molecule has 29 heavy (non-hydrogen) atoms. The maximum absolute atomic E-state index is 13.0. The Bertz CT molecular complexity index is 837. The quantitative estimate of drug-likeness (QED) is 0.663. The molecule has 0 aliphatic rings. The van der Waals surface area contributed by atoms with Crippen LogP contribution in [0.5, 0.6) is 5.75 Å². The van der Waals surface area contributed by atoms with E-state index in [-0.39, 0.29) is 18.4 Å². The highest BCUT2D eigenvalue weighted by molar-refractivity contribution is 6.30. The summed E-state index contributed by atoms with van der Waals surface area (Å²) in [5.41, 5.74) is 3.16. The predicted octanol–water partition coefficient (Wildman–Crippen LogP) is 4.28. The molecular weight excluding hydrogens is 388 g/mol. The fourth-order valence-electron chi connectivity index (χ4n) is 3.03. The van der Waals surface area contributed by atoms with E-state index in [1.807, 2.05) is 58.0 Å². The van der Waals surface area contributed by atoms with E-state index in [2.05, 4.69) is 5.32 Å². The van der Waals surface area contributed by atoms with Crippen molar-refractivity contribution in [2.24, 2.45) is 0 Å². The van der Waals surface area contributed by atoms with E-state index in [1.54, 1.807) is 17.0 Å². The van der Waals surface area contributed by atoms with E-state index < -0.39 is 6.04 Å². The van der Waals surface area contributed by atoms with Crippen LogP contribution in [-0.4, -0.2) is 35.9 Å². The van der Waals surface area contributed by atoms with Crippen molar-refractivity contribution in [2.45, 2.75) is 46.7 Å². The summed E-state index contributed by atoms with van der Waals surface area (Å²) in [7, 11) is 0. The van der Waals surface area contributed by atoms with E-state index in [1.165, 1.54) is 0 Å². The number of ether oxygens (including phenoxy) is 1. The number of aryl methyl sites for hydroxylation is 2. The van der Waals surface area contributed by atoms with Gasteiger partial charge in [0.25, 0.3) is 5.91 Å². The van der Waals surface area contributed by atoms with Gasteiger partial charge in [-0.05, 0) is 68.1 Å². The van der Waals surface area contributed by atoms with Crippen molar-refractivity contribution in [3.05, 3.63) is 64.2 Å². The van der Waals surface area contributed by atoms with Crippen LogP contribution >= 0.6 is 11.6 Å². The van der Waals surface area contributed by atoms with Crippen molar-refractivity contribution < 1.29 is 14.3 Å². The second-order valence-corrected chi connectivity index (χ2v) is 7.44. The third kappa shape index (κ3) is 6.50. The van der Waals surface area contributed by atoms with Crippen molar-refractivity contribution in [3.8, 4) is 5.75 Å². The summed E-state index contributed by atoms with van der Waals surface area (Å²) in [6.07, 6.45) is 0.509. The molecule has 0 bridgehead atoms. The third-order valence-corrected chi connectivity index (χ3v) is 5.10. The Morgan fingerprint density at radius 1 is 1.07 bits per heavy atom. The molecule has 0 aliphatic heterocycles. The Morgan fingerprint density at radius 2 is 1.76 bits per heavy atom. The molecule has 2 amide bonds. The summed E-state index contributed by atoms with van der Waals surface area (Å²) in [5.74, 6) is 0.235. The van der Waals surface area contributed by atoms with Crippen LogP contribution in [0.3, 0.4) is 0 Å². The summed E-state index contributed by atoms with van der Waals surface area (Å²) >= 11 is 5.97. The number of rotatable bonds is 9. The van der Waals surface area contributed by atoms with Crippen molar-refractivity contribution in [1.82, 2.24) is 10.2 Å². The molecule has 0 aliphatic carbocycles. The minimum atomic E-state index is -0.568. The lowest BCUT2D eigenvalue weighted by Crippen LogP contribution is -2.50. The van der Waals surface area contributed by atoms with Crippen molar-refractivity contribution in [1.29, 1.82) is 0 Å². The molecule has 1 atom stereocenters. The zero-order chi connectivity index (χ0) is 21.4. The normalized spacial score (nSPS) is 11.6. The Labute approximate surface area is 178 Å². The number of carbonyl (C=O) groups is 2. The lowest BCUT2D eigenvalue weighted by Gasteiger charge is -2.30. The van der Waals surface area contributed by atoms with Crippen LogP contribution in [0, 0.1) is 13.8 Å². The van der Waals surface area contributed by atoms with Crippen LogP contribution < -0.4 is 10.1 Å². The first-order chi connectivity index (χ1) is 13.8. The molecule has 2 aromatic carbocycles. The van der Waals surface area contributed by atoms with Gasteiger partial charge in [-0.15, -0.1) is 0 Å². The van der Waals surface area contributed by atoms with Gasteiger partial charge in [0, 0.05) is 18.1 Å². The monoisotopic (exact) mass is 416 g/mol. The molecule has 0 heterocycles. The number of likely N-dealkylation sites (N-methyl/N-ethyl adjacent to an activating group) is 1. The van der Waals surface area contributed by atoms with Crippen LogP contribution in [0.2, 0.25) is 5.02 Å². The average molecular weight is 417 g/mol. The molecule has 0 spiro atoms. The van der Waals surface area contributed by atoms with E-state index in [4.69, 9.17) is 16.3 Å². The summed E-state index contributed by atoms with van der Waals surface area (Å²) in [6, 6.07) is 12.4. The maximum atomic E-state index is 13.0. The molecule has 156 valence electrons. The lowest BCUT2D eigenvalue weighted by atomic mass is 10.1. The summed E-state index contributed by atoms with van der Waals surface area (Å²) in [6.45, 7) is 8.46. The Morgan fingerprint density at radius 3 is 2.34 bits per heavy atom. The maximum Gasteiger partial charge on any atom is 0.261 e. The van der Waals surface area contributed by atoms with E-state index in [0.717, 1.165) is 16.7 Å². The molecular formula is C23H29ClN2O3. The lowest BCUT2D eigenvalue weighted by molar-refractivity contribution is -0.142. The number of benzene rings is 2. The van der Waals surface area contributed by atoms with Gasteiger partial charge in [0.15, 0.2) is 6.61 Å². The fraction of sp³-hybridized carbons (Fsp3) is 0.391.